The number of aryl methyl sites for hydroxylation is 1. The standard InChI is InChI=1S/C22H28BrClN2O3/c1-14-11-18(20(28-5)13-17(14)24)26-21(27)25-9-6-10-29-19-8-7-15(12-16(19)23)22(2,3)4/h7-8,11-13H,6,9-10H2,1-5H3,(H2,25,26,27). The van der Waals surface area contributed by atoms with Crippen LogP contribution in [0.3, 0.4) is 0 Å². The van der Waals surface area contributed by atoms with Crippen LogP contribution < -0.4 is 20.1 Å². The summed E-state index contributed by atoms with van der Waals surface area (Å²) in [6, 6.07) is 9.29. The molecule has 2 N–H and O–H groups in total. The van der Waals surface area contributed by atoms with Gasteiger partial charge in [-0.15, -0.1) is 0 Å². The van der Waals surface area contributed by atoms with E-state index in [0.29, 0.717) is 36.0 Å². The lowest BCUT2D eigenvalue weighted by Crippen LogP contribution is -2.30. The van der Waals surface area contributed by atoms with E-state index in [1.165, 1.54) is 12.7 Å². The van der Waals surface area contributed by atoms with Crippen molar-refractivity contribution in [3.05, 3.63) is 51.0 Å². The first-order chi connectivity index (χ1) is 13.6. The Morgan fingerprint density at radius 1 is 1.17 bits per heavy atom. The van der Waals surface area contributed by atoms with Crippen molar-refractivity contribution in [2.24, 2.45) is 0 Å². The second kappa shape index (κ2) is 10.2. The number of benzene rings is 2. The molecular formula is C22H28BrClN2O3. The van der Waals surface area contributed by atoms with Crippen LogP contribution >= 0.6 is 27.5 Å². The fourth-order valence-corrected chi connectivity index (χ4v) is 3.28. The van der Waals surface area contributed by atoms with Gasteiger partial charge in [-0.25, -0.2) is 4.79 Å². The van der Waals surface area contributed by atoms with Gasteiger partial charge in [0.05, 0.1) is 23.9 Å². The van der Waals surface area contributed by atoms with Crippen molar-refractivity contribution >= 4 is 39.2 Å². The Labute approximate surface area is 186 Å². The fourth-order valence-electron chi connectivity index (χ4n) is 2.64. The lowest BCUT2D eigenvalue weighted by Gasteiger charge is -2.20. The van der Waals surface area contributed by atoms with E-state index in [1.54, 1.807) is 12.1 Å². The van der Waals surface area contributed by atoms with Gasteiger partial charge < -0.3 is 20.1 Å². The SMILES string of the molecule is COc1cc(Cl)c(C)cc1NC(=O)NCCCOc1ccc(C(C)(C)C)cc1Br. The monoisotopic (exact) mass is 482 g/mol. The van der Waals surface area contributed by atoms with E-state index >= 15 is 0 Å². The molecule has 0 fully saturated rings. The third-order valence-electron chi connectivity index (χ3n) is 4.39. The minimum absolute atomic E-state index is 0.0869. The lowest BCUT2D eigenvalue weighted by molar-refractivity contribution is 0.250. The summed E-state index contributed by atoms with van der Waals surface area (Å²) < 4.78 is 12.0. The number of amides is 2. The van der Waals surface area contributed by atoms with Gasteiger partial charge in [0.15, 0.2) is 0 Å². The zero-order chi connectivity index (χ0) is 21.6. The van der Waals surface area contributed by atoms with Crippen LogP contribution in [0.25, 0.3) is 0 Å². The average molecular weight is 484 g/mol. The molecule has 5 nitrogen and oxygen atoms in total. The second-order valence-corrected chi connectivity index (χ2v) is 9.04. The summed E-state index contributed by atoms with van der Waals surface area (Å²) in [6.07, 6.45) is 0.678. The molecule has 0 aliphatic carbocycles. The smallest absolute Gasteiger partial charge is 0.319 e. The largest absolute Gasteiger partial charge is 0.495 e. The third-order valence-corrected chi connectivity index (χ3v) is 5.42. The molecule has 2 rings (SSSR count). The second-order valence-electron chi connectivity index (χ2n) is 7.78. The Morgan fingerprint density at radius 3 is 2.52 bits per heavy atom. The number of rotatable bonds is 7. The van der Waals surface area contributed by atoms with Gasteiger partial charge in [-0.05, 0) is 64.0 Å². The summed E-state index contributed by atoms with van der Waals surface area (Å²) in [6.45, 7) is 9.37. The molecule has 0 atom stereocenters. The molecule has 0 spiro atoms. The highest BCUT2D eigenvalue weighted by Gasteiger charge is 2.15. The van der Waals surface area contributed by atoms with Crippen LogP contribution in [0.1, 0.15) is 38.3 Å². The molecule has 7 heteroatoms. The molecule has 0 bridgehead atoms. The van der Waals surface area contributed by atoms with E-state index in [1.807, 2.05) is 13.0 Å². The normalized spacial score (nSPS) is 11.1. The Morgan fingerprint density at radius 2 is 1.90 bits per heavy atom. The molecule has 0 aliphatic rings. The summed E-state index contributed by atoms with van der Waals surface area (Å²) in [7, 11) is 1.54. The molecule has 2 amide bonds. The maximum Gasteiger partial charge on any atom is 0.319 e. The summed E-state index contributed by atoms with van der Waals surface area (Å²) in [4.78, 5) is 12.1. The van der Waals surface area contributed by atoms with Crippen LogP contribution in [0.15, 0.2) is 34.8 Å². The van der Waals surface area contributed by atoms with Gasteiger partial charge in [0.2, 0.25) is 0 Å². The van der Waals surface area contributed by atoms with Crippen molar-refractivity contribution in [1.82, 2.24) is 5.32 Å². The topological polar surface area (TPSA) is 59.6 Å². The van der Waals surface area contributed by atoms with Gasteiger partial charge in [0.25, 0.3) is 0 Å². The third kappa shape index (κ3) is 6.82. The number of nitrogens with one attached hydrogen (secondary N) is 2. The first kappa shape index (κ1) is 23.4. The van der Waals surface area contributed by atoms with E-state index in [0.717, 1.165) is 15.8 Å². The zero-order valence-corrected chi connectivity index (χ0v) is 19.8. The first-order valence-electron chi connectivity index (χ1n) is 9.43. The summed E-state index contributed by atoms with van der Waals surface area (Å²) in [5.41, 5.74) is 2.76. The van der Waals surface area contributed by atoms with Crippen LogP contribution in [0.2, 0.25) is 5.02 Å². The quantitative estimate of drug-likeness (QED) is 0.454. The summed E-state index contributed by atoms with van der Waals surface area (Å²) in [5.74, 6) is 1.31. The van der Waals surface area contributed by atoms with Crippen molar-refractivity contribution in [3.63, 3.8) is 0 Å². The van der Waals surface area contributed by atoms with E-state index in [9.17, 15) is 4.79 Å². The molecule has 0 saturated carbocycles. The van der Waals surface area contributed by atoms with Crippen molar-refractivity contribution in [2.75, 3.05) is 25.6 Å². The van der Waals surface area contributed by atoms with Crippen LogP contribution in [0, 0.1) is 6.92 Å². The number of hydrogen-bond donors (Lipinski definition) is 2. The van der Waals surface area contributed by atoms with Gasteiger partial charge in [-0.1, -0.05) is 38.4 Å². The fraction of sp³-hybridized carbons (Fsp3) is 0.409. The van der Waals surface area contributed by atoms with Crippen molar-refractivity contribution in [2.45, 2.75) is 39.5 Å². The van der Waals surface area contributed by atoms with Crippen LogP contribution in [-0.4, -0.2) is 26.3 Å². The minimum Gasteiger partial charge on any atom is -0.495 e. The highest BCUT2D eigenvalue weighted by molar-refractivity contribution is 9.10. The van der Waals surface area contributed by atoms with Gasteiger partial charge in [0, 0.05) is 17.6 Å². The number of anilines is 1. The number of hydrogen-bond acceptors (Lipinski definition) is 3. The predicted molar refractivity (Wildman–Crippen MR) is 123 cm³/mol. The van der Waals surface area contributed by atoms with Crippen molar-refractivity contribution in [3.8, 4) is 11.5 Å². The highest BCUT2D eigenvalue weighted by Crippen LogP contribution is 2.32. The number of carbonyl (C=O) groups excluding carboxylic acids is 1. The van der Waals surface area contributed by atoms with E-state index in [-0.39, 0.29) is 11.4 Å². The zero-order valence-electron chi connectivity index (χ0n) is 17.5. The summed E-state index contributed by atoms with van der Waals surface area (Å²) in [5, 5.41) is 6.19. The van der Waals surface area contributed by atoms with Gasteiger partial charge in [-0.3, -0.25) is 0 Å². The highest BCUT2D eigenvalue weighted by atomic mass is 79.9. The maximum absolute atomic E-state index is 12.1. The Bertz CT molecular complexity index is 866. The molecule has 0 saturated heterocycles. The molecule has 29 heavy (non-hydrogen) atoms. The van der Waals surface area contributed by atoms with Crippen molar-refractivity contribution in [1.29, 1.82) is 0 Å². The number of methoxy groups -OCH3 is 1. The molecule has 0 aromatic heterocycles. The molecule has 0 aliphatic heterocycles. The maximum atomic E-state index is 12.1. The molecule has 2 aromatic carbocycles. The first-order valence-corrected chi connectivity index (χ1v) is 10.6. The molecule has 0 heterocycles. The van der Waals surface area contributed by atoms with E-state index < -0.39 is 0 Å². The number of carbonyl (C=O) groups is 1. The molecule has 0 radical (unpaired) electrons. The Kier molecular flexibility index (Phi) is 8.23. The van der Waals surface area contributed by atoms with Crippen LogP contribution in [-0.2, 0) is 5.41 Å². The average Bonchev–Trinajstić information content (AvgIpc) is 2.64. The molecule has 2 aromatic rings. The van der Waals surface area contributed by atoms with Gasteiger partial charge >= 0.3 is 6.03 Å². The van der Waals surface area contributed by atoms with Crippen LogP contribution in [0.4, 0.5) is 10.5 Å². The number of ether oxygens (including phenoxy) is 2. The molecular weight excluding hydrogens is 456 g/mol. The Hall–Kier alpha value is -1.92. The van der Waals surface area contributed by atoms with Crippen molar-refractivity contribution < 1.29 is 14.3 Å². The molecule has 158 valence electrons. The minimum atomic E-state index is -0.305. The van der Waals surface area contributed by atoms with E-state index in [2.05, 4.69) is 59.5 Å². The number of urea groups is 1. The molecule has 0 unspecified atom stereocenters. The summed E-state index contributed by atoms with van der Waals surface area (Å²) >= 11 is 9.65. The van der Waals surface area contributed by atoms with Gasteiger partial charge in [-0.2, -0.15) is 0 Å². The predicted octanol–water partition coefficient (Wildman–Crippen LogP) is 6.31. The lowest BCUT2D eigenvalue weighted by atomic mass is 9.87. The van der Waals surface area contributed by atoms with Crippen LogP contribution in [0.5, 0.6) is 11.5 Å². The van der Waals surface area contributed by atoms with E-state index in [4.69, 9.17) is 21.1 Å². The van der Waals surface area contributed by atoms with Gasteiger partial charge in [0.1, 0.15) is 11.5 Å². The number of halogens is 2. The Balaban J connectivity index is 1.78.